The van der Waals surface area contributed by atoms with E-state index in [1.54, 1.807) is 42.6 Å². The molecule has 0 bridgehead atoms. The molecule has 0 aliphatic heterocycles. The van der Waals surface area contributed by atoms with Gasteiger partial charge in [0.1, 0.15) is 11.5 Å². The zero-order valence-electron chi connectivity index (χ0n) is 25.2. The molecule has 4 aromatic carbocycles. The Morgan fingerprint density at radius 2 is 1.70 bits per heavy atom. The van der Waals surface area contributed by atoms with Gasteiger partial charge in [0.15, 0.2) is 0 Å². The summed E-state index contributed by atoms with van der Waals surface area (Å²) in [7, 11) is 0. The van der Waals surface area contributed by atoms with E-state index in [4.69, 9.17) is 16.3 Å². The van der Waals surface area contributed by atoms with Crippen LogP contribution >= 0.6 is 11.6 Å². The van der Waals surface area contributed by atoms with E-state index in [1.165, 1.54) is 6.92 Å². The van der Waals surface area contributed by atoms with Crippen molar-refractivity contribution in [1.82, 2.24) is 15.4 Å². The van der Waals surface area contributed by atoms with Gasteiger partial charge in [0.25, 0.3) is 5.91 Å². The predicted octanol–water partition coefficient (Wildman–Crippen LogP) is 6.03. The zero-order valence-corrected chi connectivity index (χ0v) is 25.9. The lowest BCUT2D eigenvalue weighted by Crippen LogP contribution is -2.41. The number of nitrogens with one attached hydrogen (secondary N) is 1. The van der Waals surface area contributed by atoms with Crippen LogP contribution < -0.4 is 10.2 Å². The number of aromatic nitrogens is 1. The van der Waals surface area contributed by atoms with Crippen molar-refractivity contribution >= 4 is 34.4 Å². The zero-order chi connectivity index (χ0) is 32.5. The van der Waals surface area contributed by atoms with E-state index in [0.717, 1.165) is 11.1 Å². The second-order valence-corrected chi connectivity index (χ2v) is 11.2. The number of aliphatic hydroxyl groups is 2. The number of rotatable bonds is 12. The fourth-order valence-electron chi connectivity index (χ4n) is 5.20. The van der Waals surface area contributed by atoms with Crippen LogP contribution in [-0.4, -0.2) is 51.2 Å². The largest absolute Gasteiger partial charge is 0.457 e. The summed E-state index contributed by atoms with van der Waals surface area (Å²) >= 11 is 6.18. The second-order valence-electron chi connectivity index (χ2n) is 10.8. The first-order chi connectivity index (χ1) is 22.3. The number of halogens is 1. The van der Waals surface area contributed by atoms with Crippen molar-refractivity contribution < 1.29 is 29.4 Å². The van der Waals surface area contributed by atoms with Gasteiger partial charge in [-0.25, -0.2) is 0 Å². The lowest BCUT2D eigenvalue weighted by molar-refractivity contribution is -0.146. The van der Waals surface area contributed by atoms with Crippen LogP contribution in [0.15, 0.2) is 109 Å². The maximum Gasteiger partial charge on any atom is 0.329 e. The fraction of sp³-hybridized carbons (Fsp3) is 0.194. The minimum absolute atomic E-state index is 0.107. The minimum atomic E-state index is -0.796. The molecule has 236 valence electrons. The van der Waals surface area contributed by atoms with Crippen LogP contribution in [-0.2, 0) is 22.6 Å². The van der Waals surface area contributed by atoms with E-state index < -0.39 is 18.0 Å². The smallest absolute Gasteiger partial charge is 0.329 e. The number of para-hydroxylation sites is 1. The standard InChI is InChI=1S/C36H34ClN3O6/c1-24(42)46-39-36(44)32-12-6-11-31-34(17-18-38-35(31)32)45-30-15-13-25(14-16-30)19-29(23-41)40(21-26-7-3-2-4-8-26)22-33(43)27-9-5-10-28(37)20-27/h2-18,20,29,33,41,43H,19,21-23H2,1H3,(H,39,44)/t29-,33-/m0/s1. The van der Waals surface area contributed by atoms with Crippen molar-refractivity contribution in [2.24, 2.45) is 0 Å². The predicted molar refractivity (Wildman–Crippen MR) is 175 cm³/mol. The number of fused-ring (bicyclic) bond motifs is 1. The van der Waals surface area contributed by atoms with Gasteiger partial charge in [-0.05, 0) is 65.6 Å². The number of hydrogen-bond donors (Lipinski definition) is 3. The topological polar surface area (TPSA) is 121 Å². The SMILES string of the molecule is CC(=O)ONC(=O)c1cccc2c(Oc3ccc(C[C@@H](CO)N(Cc4ccccc4)C[C@H](O)c4cccc(Cl)c4)cc3)ccnc12. The average Bonchev–Trinajstić information content (AvgIpc) is 3.07. The van der Waals surface area contributed by atoms with E-state index >= 15 is 0 Å². The Bertz CT molecular complexity index is 1780. The highest BCUT2D eigenvalue weighted by Gasteiger charge is 2.23. The number of aliphatic hydroxyl groups excluding tert-OH is 2. The normalized spacial score (nSPS) is 12.5. The van der Waals surface area contributed by atoms with Crippen molar-refractivity contribution in [3.8, 4) is 11.5 Å². The first kappa shape index (κ1) is 32.6. The van der Waals surface area contributed by atoms with Gasteiger partial charge >= 0.3 is 5.97 Å². The summed E-state index contributed by atoms with van der Waals surface area (Å²) in [5.74, 6) is -0.172. The number of nitrogens with zero attached hydrogens (tertiary/aromatic N) is 2. The van der Waals surface area contributed by atoms with Gasteiger partial charge in [0.2, 0.25) is 0 Å². The summed E-state index contributed by atoms with van der Waals surface area (Å²) in [5, 5.41) is 22.8. The van der Waals surface area contributed by atoms with Crippen LogP contribution in [0.4, 0.5) is 0 Å². The van der Waals surface area contributed by atoms with Gasteiger partial charge in [-0.3, -0.25) is 19.5 Å². The van der Waals surface area contributed by atoms with Crippen LogP contribution in [0.5, 0.6) is 11.5 Å². The first-order valence-electron chi connectivity index (χ1n) is 14.8. The highest BCUT2D eigenvalue weighted by molar-refractivity contribution is 6.30. The van der Waals surface area contributed by atoms with E-state index in [2.05, 4.69) is 20.2 Å². The second kappa shape index (κ2) is 15.5. The molecule has 1 heterocycles. The molecule has 5 rings (SSSR count). The Morgan fingerprint density at radius 3 is 2.41 bits per heavy atom. The lowest BCUT2D eigenvalue weighted by Gasteiger charge is -2.32. The number of carbonyl (C=O) groups is 2. The van der Waals surface area contributed by atoms with Gasteiger partial charge in [-0.15, -0.1) is 0 Å². The van der Waals surface area contributed by atoms with Crippen LogP contribution in [0.3, 0.4) is 0 Å². The van der Waals surface area contributed by atoms with E-state index in [9.17, 15) is 19.8 Å². The Hall–Kier alpha value is -4.80. The summed E-state index contributed by atoms with van der Waals surface area (Å²) in [4.78, 5) is 34.7. The van der Waals surface area contributed by atoms with Gasteiger partial charge in [0.05, 0.1) is 23.8 Å². The summed E-state index contributed by atoms with van der Waals surface area (Å²) in [5.41, 5.74) is 5.50. The highest BCUT2D eigenvalue weighted by atomic mass is 35.5. The molecule has 0 saturated carbocycles. The maximum absolute atomic E-state index is 12.6. The van der Waals surface area contributed by atoms with Crippen molar-refractivity contribution in [2.45, 2.75) is 32.0 Å². The highest BCUT2D eigenvalue weighted by Crippen LogP contribution is 2.31. The summed E-state index contributed by atoms with van der Waals surface area (Å²) in [6.07, 6.45) is 1.28. The lowest BCUT2D eigenvalue weighted by atomic mass is 10.0. The van der Waals surface area contributed by atoms with Gasteiger partial charge in [0, 0.05) is 42.7 Å². The monoisotopic (exact) mass is 639 g/mol. The molecule has 0 fully saturated rings. The Kier molecular flexibility index (Phi) is 11.0. The molecule has 1 amide bonds. The maximum atomic E-state index is 12.6. The molecule has 10 heteroatoms. The third-order valence-electron chi connectivity index (χ3n) is 7.48. The number of ether oxygens (including phenoxy) is 1. The molecule has 0 unspecified atom stereocenters. The molecule has 0 aliphatic rings. The minimum Gasteiger partial charge on any atom is -0.457 e. The molecule has 9 nitrogen and oxygen atoms in total. The number of benzene rings is 4. The number of amides is 1. The fourth-order valence-corrected chi connectivity index (χ4v) is 5.40. The quantitative estimate of drug-likeness (QED) is 0.142. The first-order valence-corrected chi connectivity index (χ1v) is 15.1. The molecule has 46 heavy (non-hydrogen) atoms. The number of pyridine rings is 1. The number of carbonyl (C=O) groups excluding carboxylic acids is 2. The molecule has 0 spiro atoms. The molecule has 1 aromatic heterocycles. The molecular weight excluding hydrogens is 606 g/mol. The van der Waals surface area contributed by atoms with Crippen molar-refractivity contribution in [1.29, 1.82) is 0 Å². The van der Waals surface area contributed by atoms with Crippen LogP contribution in [0.2, 0.25) is 5.02 Å². The van der Waals surface area contributed by atoms with E-state index in [0.29, 0.717) is 52.5 Å². The molecule has 2 atom stereocenters. The Balaban J connectivity index is 1.32. The molecule has 0 saturated heterocycles. The Morgan fingerprint density at radius 1 is 0.935 bits per heavy atom. The van der Waals surface area contributed by atoms with Crippen molar-refractivity contribution in [3.05, 3.63) is 137 Å². The summed E-state index contributed by atoms with van der Waals surface area (Å²) < 4.78 is 6.19. The molecular formula is C36H34ClN3O6. The van der Waals surface area contributed by atoms with Gasteiger partial charge in [-0.2, -0.15) is 5.48 Å². The Labute approximate surface area is 271 Å². The molecule has 5 aromatic rings. The third kappa shape index (κ3) is 8.47. The van der Waals surface area contributed by atoms with Crippen molar-refractivity contribution in [3.63, 3.8) is 0 Å². The van der Waals surface area contributed by atoms with Crippen LogP contribution in [0.1, 0.15) is 40.1 Å². The summed E-state index contributed by atoms with van der Waals surface area (Å²) in [6.45, 7) is 1.93. The van der Waals surface area contributed by atoms with Gasteiger partial charge in [-0.1, -0.05) is 72.3 Å². The average molecular weight is 640 g/mol. The van der Waals surface area contributed by atoms with Crippen LogP contribution in [0.25, 0.3) is 10.9 Å². The number of hydroxylamine groups is 1. The number of hydrogen-bond acceptors (Lipinski definition) is 8. The molecule has 0 radical (unpaired) electrons. The summed E-state index contributed by atoms with van der Waals surface area (Å²) in [6, 6.07) is 31.2. The van der Waals surface area contributed by atoms with Crippen molar-refractivity contribution in [2.75, 3.05) is 13.2 Å². The van der Waals surface area contributed by atoms with Crippen LogP contribution in [0, 0.1) is 0 Å². The van der Waals surface area contributed by atoms with E-state index in [-0.39, 0.29) is 18.2 Å². The van der Waals surface area contributed by atoms with E-state index in [1.807, 2.05) is 66.7 Å². The van der Waals surface area contributed by atoms with Gasteiger partial charge < -0.3 is 19.8 Å². The molecule has 0 aliphatic carbocycles. The molecule has 3 N–H and O–H groups in total. The third-order valence-corrected chi connectivity index (χ3v) is 7.72.